The second-order valence-electron chi connectivity index (χ2n) is 6.32. The van der Waals surface area contributed by atoms with Gasteiger partial charge in [-0.05, 0) is 33.6 Å². The number of rotatable bonds is 3. The Labute approximate surface area is 141 Å². The number of nitrogens with two attached hydrogens (primary N) is 1. The molecular formula is C16H27NO7. The van der Waals surface area contributed by atoms with Gasteiger partial charge in [-0.1, -0.05) is 0 Å². The summed E-state index contributed by atoms with van der Waals surface area (Å²) in [6, 6.07) is 0. The number of esters is 2. The van der Waals surface area contributed by atoms with E-state index in [-0.39, 0.29) is 17.4 Å². The van der Waals surface area contributed by atoms with E-state index in [0.717, 1.165) is 6.92 Å². The third-order valence-electron chi connectivity index (χ3n) is 3.10. The fourth-order valence-electron chi connectivity index (χ4n) is 1.75. The second-order valence-corrected chi connectivity index (χ2v) is 6.32. The molecule has 8 nitrogen and oxygen atoms in total. The highest BCUT2D eigenvalue weighted by atomic mass is 16.6. The normalized spacial score (nSPS) is 16.2. The lowest BCUT2D eigenvalue weighted by atomic mass is 9.95. The standard InChI is InChI=1S/C14H23NO5.C2H4O2/c1-14(2,3)13(17)20-11(12(16)18-4)10(15)9-5-7-19-8-6-9;1-2(3)4/h9H,5-8,15H2,1-4H3;1H3,(H,3,4)/b11-10+;. The first-order valence-corrected chi connectivity index (χ1v) is 7.58. The van der Waals surface area contributed by atoms with Crippen LogP contribution in [-0.2, 0) is 28.6 Å². The molecular weight excluding hydrogens is 318 g/mol. The van der Waals surface area contributed by atoms with Gasteiger partial charge in [0.1, 0.15) is 0 Å². The monoisotopic (exact) mass is 345 g/mol. The van der Waals surface area contributed by atoms with E-state index in [1.165, 1.54) is 7.11 Å². The Bertz CT molecular complexity index is 481. The van der Waals surface area contributed by atoms with Crippen LogP contribution in [0.25, 0.3) is 0 Å². The highest BCUT2D eigenvalue weighted by Gasteiger charge is 2.31. The fraction of sp³-hybridized carbons (Fsp3) is 0.688. The third-order valence-corrected chi connectivity index (χ3v) is 3.10. The number of carboxylic acid groups (broad SMARTS) is 1. The fourth-order valence-corrected chi connectivity index (χ4v) is 1.75. The summed E-state index contributed by atoms with van der Waals surface area (Å²) in [4.78, 5) is 32.7. The second kappa shape index (κ2) is 9.92. The van der Waals surface area contributed by atoms with Crippen molar-refractivity contribution in [3.8, 4) is 0 Å². The van der Waals surface area contributed by atoms with Gasteiger partial charge < -0.3 is 25.1 Å². The molecule has 0 amide bonds. The van der Waals surface area contributed by atoms with Gasteiger partial charge in [-0.2, -0.15) is 0 Å². The first kappa shape index (κ1) is 21.9. The minimum Gasteiger partial charge on any atom is -0.481 e. The predicted molar refractivity (Wildman–Crippen MR) is 85.6 cm³/mol. The van der Waals surface area contributed by atoms with E-state index in [4.69, 9.17) is 25.1 Å². The summed E-state index contributed by atoms with van der Waals surface area (Å²) >= 11 is 0. The average Bonchev–Trinajstić information content (AvgIpc) is 2.50. The number of carbonyl (C=O) groups excluding carboxylic acids is 2. The minimum atomic E-state index is -0.833. The Morgan fingerprint density at radius 3 is 2.00 bits per heavy atom. The molecule has 8 heteroatoms. The van der Waals surface area contributed by atoms with Crippen LogP contribution in [0.1, 0.15) is 40.5 Å². The molecule has 1 fully saturated rings. The molecule has 1 heterocycles. The molecule has 0 bridgehead atoms. The van der Waals surface area contributed by atoms with Crippen molar-refractivity contribution in [3.05, 3.63) is 11.5 Å². The molecule has 0 aromatic heterocycles. The van der Waals surface area contributed by atoms with Gasteiger partial charge in [-0.25, -0.2) is 4.79 Å². The predicted octanol–water partition coefficient (Wildman–Crippen LogP) is 1.44. The third kappa shape index (κ3) is 7.96. The maximum Gasteiger partial charge on any atom is 0.375 e. The molecule has 3 N–H and O–H groups in total. The number of ether oxygens (including phenoxy) is 3. The van der Waals surface area contributed by atoms with E-state index >= 15 is 0 Å². The number of aliphatic carboxylic acids is 1. The van der Waals surface area contributed by atoms with Gasteiger partial charge in [0, 0.05) is 26.1 Å². The molecule has 0 spiro atoms. The van der Waals surface area contributed by atoms with E-state index in [9.17, 15) is 9.59 Å². The van der Waals surface area contributed by atoms with Crippen LogP contribution in [0.4, 0.5) is 0 Å². The highest BCUT2D eigenvalue weighted by molar-refractivity contribution is 5.91. The lowest BCUT2D eigenvalue weighted by Crippen LogP contribution is -2.30. The van der Waals surface area contributed by atoms with E-state index in [1.807, 2.05) is 0 Å². The van der Waals surface area contributed by atoms with Gasteiger partial charge in [0.05, 0.1) is 18.2 Å². The maximum atomic E-state index is 11.9. The summed E-state index contributed by atoms with van der Waals surface area (Å²) in [5.74, 6) is -2.32. The minimum absolute atomic E-state index is 0.0365. The van der Waals surface area contributed by atoms with Crippen LogP contribution in [-0.4, -0.2) is 43.3 Å². The summed E-state index contributed by atoms with van der Waals surface area (Å²) in [5, 5.41) is 7.42. The molecule has 1 saturated heterocycles. The topological polar surface area (TPSA) is 125 Å². The van der Waals surface area contributed by atoms with Crippen molar-refractivity contribution in [1.29, 1.82) is 0 Å². The Kier molecular flexibility index (Phi) is 9.05. The molecule has 0 unspecified atom stereocenters. The number of hydrogen-bond donors (Lipinski definition) is 2. The number of carboxylic acids is 1. The van der Waals surface area contributed by atoms with Crippen molar-refractivity contribution in [3.63, 3.8) is 0 Å². The Morgan fingerprint density at radius 1 is 1.17 bits per heavy atom. The van der Waals surface area contributed by atoms with Gasteiger partial charge in [-0.3, -0.25) is 9.59 Å². The largest absolute Gasteiger partial charge is 0.481 e. The van der Waals surface area contributed by atoms with Crippen LogP contribution in [0.15, 0.2) is 11.5 Å². The zero-order chi connectivity index (χ0) is 18.9. The number of hydrogen-bond acceptors (Lipinski definition) is 7. The summed E-state index contributed by atoms with van der Waals surface area (Å²) in [7, 11) is 1.23. The molecule has 0 aromatic rings. The van der Waals surface area contributed by atoms with Crippen LogP contribution in [0.2, 0.25) is 0 Å². The van der Waals surface area contributed by atoms with Crippen molar-refractivity contribution in [2.75, 3.05) is 20.3 Å². The Morgan fingerprint density at radius 2 is 1.62 bits per heavy atom. The van der Waals surface area contributed by atoms with E-state index in [2.05, 4.69) is 4.74 Å². The number of methoxy groups -OCH3 is 1. The van der Waals surface area contributed by atoms with Crippen LogP contribution >= 0.6 is 0 Å². The molecule has 1 rings (SSSR count). The Balaban J connectivity index is 0.00000118. The molecule has 138 valence electrons. The average molecular weight is 345 g/mol. The van der Waals surface area contributed by atoms with Crippen molar-refractivity contribution in [2.24, 2.45) is 17.1 Å². The molecule has 0 radical (unpaired) electrons. The molecule has 1 aliphatic heterocycles. The van der Waals surface area contributed by atoms with Crippen LogP contribution < -0.4 is 5.73 Å². The highest BCUT2D eigenvalue weighted by Crippen LogP contribution is 2.25. The van der Waals surface area contributed by atoms with Crippen LogP contribution in [0.5, 0.6) is 0 Å². The van der Waals surface area contributed by atoms with Crippen LogP contribution in [0.3, 0.4) is 0 Å². The molecule has 0 aliphatic carbocycles. The lowest BCUT2D eigenvalue weighted by molar-refractivity contribution is -0.155. The van der Waals surface area contributed by atoms with Crippen molar-refractivity contribution >= 4 is 17.9 Å². The van der Waals surface area contributed by atoms with Gasteiger partial charge in [0.2, 0.25) is 5.76 Å². The van der Waals surface area contributed by atoms with Crippen molar-refractivity contribution in [1.82, 2.24) is 0 Å². The quantitative estimate of drug-likeness (QED) is 0.447. The first-order chi connectivity index (χ1) is 11.0. The first-order valence-electron chi connectivity index (χ1n) is 7.58. The summed E-state index contributed by atoms with van der Waals surface area (Å²) in [5.41, 5.74) is 5.54. The van der Waals surface area contributed by atoms with Crippen molar-refractivity contribution < 1.29 is 33.7 Å². The molecule has 24 heavy (non-hydrogen) atoms. The summed E-state index contributed by atoms with van der Waals surface area (Å²) < 4.78 is 15.1. The molecule has 0 aromatic carbocycles. The van der Waals surface area contributed by atoms with E-state index < -0.39 is 23.3 Å². The summed E-state index contributed by atoms with van der Waals surface area (Å²) in [6.45, 7) is 7.35. The smallest absolute Gasteiger partial charge is 0.375 e. The zero-order valence-corrected chi connectivity index (χ0v) is 14.9. The van der Waals surface area contributed by atoms with E-state index in [1.54, 1.807) is 20.8 Å². The van der Waals surface area contributed by atoms with Gasteiger partial charge in [0.15, 0.2) is 0 Å². The van der Waals surface area contributed by atoms with Gasteiger partial charge in [-0.15, -0.1) is 0 Å². The van der Waals surface area contributed by atoms with Crippen LogP contribution in [0, 0.1) is 11.3 Å². The number of allylic oxidation sites excluding steroid dienone is 1. The van der Waals surface area contributed by atoms with Crippen molar-refractivity contribution in [2.45, 2.75) is 40.5 Å². The lowest BCUT2D eigenvalue weighted by Gasteiger charge is -2.24. The Hall–Kier alpha value is -2.09. The SMILES string of the molecule is CC(=O)O.COC(=O)/C(OC(=O)C(C)(C)C)=C(\N)C1CCOCC1. The van der Waals surface area contributed by atoms with E-state index in [0.29, 0.717) is 26.1 Å². The zero-order valence-electron chi connectivity index (χ0n) is 14.9. The van der Waals surface area contributed by atoms with Gasteiger partial charge in [0.25, 0.3) is 5.97 Å². The summed E-state index contributed by atoms with van der Waals surface area (Å²) in [6.07, 6.45) is 1.39. The molecule has 0 saturated carbocycles. The molecule has 1 aliphatic rings. The number of carbonyl (C=O) groups is 3. The molecule has 0 atom stereocenters. The maximum absolute atomic E-state index is 11.9. The van der Waals surface area contributed by atoms with Gasteiger partial charge >= 0.3 is 11.9 Å².